The van der Waals surface area contributed by atoms with Crippen LogP contribution in [0.5, 0.6) is 0 Å². The molecular weight excluding hydrogens is 557 g/mol. The van der Waals surface area contributed by atoms with Gasteiger partial charge in [-0.2, -0.15) is 13.2 Å². The van der Waals surface area contributed by atoms with Gasteiger partial charge in [-0.3, -0.25) is 4.79 Å². The summed E-state index contributed by atoms with van der Waals surface area (Å²) < 4.78 is 39.6. The molecule has 2 aliphatic carbocycles. The maximum atomic E-state index is 12.5. The van der Waals surface area contributed by atoms with Gasteiger partial charge < -0.3 is 9.88 Å². The summed E-state index contributed by atoms with van der Waals surface area (Å²) in [5.74, 6) is 3.23. The fourth-order valence-electron chi connectivity index (χ4n) is 5.96. The molecule has 0 spiro atoms. The highest BCUT2D eigenvalue weighted by Crippen LogP contribution is 2.64. The first-order valence-electron chi connectivity index (χ1n) is 14.5. The number of unbranched alkanes of at least 4 members (excludes halogenated alkanes) is 1. The molecular formula is C30H46ClF3N4OS. The highest BCUT2D eigenvalue weighted by molar-refractivity contribution is 7.99. The van der Waals surface area contributed by atoms with Gasteiger partial charge in [0, 0.05) is 31.7 Å². The Bertz CT molecular complexity index is 1050. The molecule has 1 N–H and O–H groups in total. The lowest BCUT2D eigenvalue weighted by molar-refractivity contribution is -0.137. The minimum Gasteiger partial charge on any atom is -0.354 e. The van der Waals surface area contributed by atoms with E-state index in [0.717, 1.165) is 67.2 Å². The molecule has 1 aromatic heterocycles. The van der Waals surface area contributed by atoms with E-state index in [2.05, 4.69) is 47.9 Å². The predicted octanol–water partition coefficient (Wildman–Crippen LogP) is 8.68. The van der Waals surface area contributed by atoms with Crippen molar-refractivity contribution in [2.45, 2.75) is 121 Å². The Labute approximate surface area is 248 Å². The van der Waals surface area contributed by atoms with Crippen LogP contribution in [0.2, 0.25) is 0 Å². The van der Waals surface area contributed by atoms with Crippen LogP contribution in [0, 0.1) is 5.41 Å². The van der Waals surface area contributed by atoms with E-state index < -0.39 is 11.7 Å². The van der Waals surface area contributed by atoms with Gasteiger partial charge in [0.2, 0.25) is 5.91 Å². The number of carbonyl (C=O) groups is 1. The van der Waals surface area contributed by atoms with Crippen LogP contribution in [0.1, 0.15) is 121 Å². The Morgan fingerprint density at radius 1 is 1.07 bits per heavy atom. The van der Waals surface area contributed by atoms with Crippen LogP contribution in [0.15, 0.2) is 29.4 Å². The van der Waals surface area contributed by atoms with Crippen LogP contribution >= 0.6 is 24.2 Å². The molecule has 1 amide bonds. The summed E-state index contributed by atoms with van der Waals surface area (Å²) in [6.45, 7) is 8.14. The predicted molar refractivity (Wildman–Crippen MR) is 159 cm³/mol. The first-order chi connectivity index (χ1) is 18.5. The van der Waals surface area contributed by atoms with Crippen molar-refractivity contribution in [3.63, 3.8) is 0 Å². The topological polar surface area (TPSA) is 59.8 Å². The van der Waals surface area contributed by atoms with Gasteiger partial charge in [0.15, 0.2) is 5.16 Å². The molecule has 2 aliphatic rings. The highest BCUT2D eigenvalue weighted by atomic mass is 35.5. The summed E-state index contributed by atoms with van der Waals surface area (Å²) in [4.78, 5) is 11.1. The van der Waals surface area contributed by atoms with Gasteiger partial charge in [0.25, 0.3) is 0 Å². The van der Waals surface area contributed by atoms with Gasteiger partial charge in [0.05, 0.1) is 5.56 Å². The normalized spacial score (nSPS) is 23.9. The molecule has 1 unspecified atom stereocenters. The molecule has 1 heterocycles. The number of hydrogen-bond acceptors (Lipinski definition) is 4. The van der Waals surface area contributed by atoms with Gasteiger partial charge in [-0.15, -0.1) is 22.6 Å². The quantitative estimate of drug-likeness (QED) is 0.218. The van der Waals surface area contributed by atoms with E-state index >= 15 is 0 Å². The summed E-state index contributed by atoms with van der Waals surface area (Å²) in [6.07, 6.45) is 7.00. The van der Waals surface area contributed by atoms with Crippen molar-refractivity contribution in [1.29, 1.82) is 0 Å². The van der Waals surface area contributed by atoms with Crippen molar-refractivity contribution >= 4 is 30.1 Å². The molecule has 0 saturated heterocycles. The van der Waals surface area contributed by atoms with E-state index in [9.17, 15) is 18.0 Å². The number of rotatable bonds is 10. The standard InChI is InChI=1S/C15H19F3.C15H26N4OS.ClH/c1-3-9-14(4-2)10-13(14)11-5-7-12(8-6-11)15(16,17)18;1-4-5-10-21-15-18-17-14(19(15)3)12-6-8-13(9-7-12)16-11(2)20;/h5-8,13H,3-4,9-10H2,1-2H3;12-13H,4-10H2,1-3H3,(H,16,20);1H/t13?,14-;;/m0../s1. The Morgan fingerprint density at radius 3 is 2.25 bits per heavy atom. The molecule has 40 heavy (non-hydrogen) atoms. The molecule has 2 atom stereocenters. The first kappa shape index (κ1) is 34.5. The van der Waals surface area contributed by atoms with Crippen molar-refractivity contribution < 1.29 is 18.0 Å². The van der Waals surface area contributed by atoms with Crippen LogP contribution in [0.3, 0.4) is 0 Å². The number of halogens is 4. The molecule has 2 saturated carbocycles. The molecule has 0 bridgehead atoms. The van der Waals surface area contributed by atoms with E-state index in [0.29, 0.717) is 23.3 Å². The fraction of sp³-hybridized carbons (Fsp3) is 0.700. The number of aromatic nitrogens is 3. The van der Waals surface area contributed by atoms with Gasteiger partial charge in [-0.1, -0.05) is 57.5 Å². The van der Waals surface area contributed by atoms with Gasteiger partial charge in [0.1, 0.15) is 5.82 Å². The Balaban J connectivity index is 0.000000276. The largest absolute Gasteiger partial charge is 0.416 e. The van der Waals surface area contributed by atoms with E-state index in [-0.39, 0.29) is 18.3 Å². The zero-order valence-corrected chi connectivity index (χ0v) is 26.2. The molecule has 226 valence electrons. The number of benzene rings is 1. The number of nitrogens with one attached hydrogen (secondary N) is 1. The molecule has 0 radical (unpaired) electrons. The number of hydrogen-bond donors (Lipinski definition) is 1. The second-order valence-corrected chi connectivity index (χ2v) is 12.3. The van der Waals surface area contributed by atoms with Crippen molar-refractivity contribution in [2.24, 2.45) is 12.5 Å². The number of amides is 1. The second-order valence-electron chi connectivity index (χ2n) is 11.2. The number of nitrogens with zero attached hydrogens (tertiary/aromatic N) is 3. The van der Waals surface area contributed by atoms with Crippen molar-refractivity contribution in [1.82, 2.24) is 20.1 Å². The maximum absolute atomic E-state index is 12.5. The third kappa shape index (κ3) is 9.13. The lowest BCUT2D eigenvalue weighted by Gasteiger charge is -2.28. The van der Waals surface area contributed by atoms with Crippen molar-refractivity contribution in [2.75, 3.05) is 5.75 Å². The Hall–Kier alpha value is -1.74. The molecule has 10 heteroatoms. The van der Waals surface area contributed by atoms with E-state index in [1.165, 1.54) is 31.4 Å². The highest BCUT2D eigenvalue weighted by Gasteiger charge is 2.52. The summed E-state index contributed by atoms with van der Waals surface area (Å²) in [6, 6.07) is 6.06. The van der Waals surface area contributed by atoms with Gasteiger partial charge in [-0.25, -0.2) is 0 Å². The van der Waals surface area contributed by atoms with Gasteiger partial charge >= 0.3 is 6.18 Å². The summed E-state index contributed by atoms with van der Waals surface area (Å²) in [7, 11) is 2.07. The Morgan fingerprint density at radius 2 is 1.73 bits per heavy atom. The number of thioether (sulfide) groups is 1. The average molecular weight is 603 g/mol. The maximum Gasteiger partial charge on any atom is 0.416 e. The van der Waals surface area contributed by atoms with Crippen molar-refractivity contribution in [3.05, 3.63) is 41.2 Å². The zero-order valence-electron chi connectivity index (χ0n) is 24.5. The van der Waals surface area contributed by atoms with E-state index in [1.807, 2.05) is 0 Å². The third-order valence-electron chi connectivity index (χ3n) is 8.38. The molecule has 0 aliphatic heterocycles. The van der Waals surface area contributed by atoms with Crippen LogP contribution < -0.4 is 5.32 Å². The van der Waals surface area contributed by atoms with Gasteiger partial charge in [-0.05, 0) is 80.4 Å². The van der Waals surface area contributed by atoms with Crippen LogP contribution in [0.25, 0.3) is 0 Å². The lowest BCUT2D eigenvalue weighted by Crippen LogP contribution is -2.36. The second kappa shape index (κ2) is 15.5. The third-order valence-corrected chi connectivity index (χ3v) is 9.49. The lowest BCUT2D eigenvalue weighted by atomic mass is 9.85. The minimum atomic E-state index is -4.23. The summed E-state index contributed by atoms with van der Waals surface area (Å²) in [5.41, 5.74) is 0.872. The van der Waals surface area contributed by atoms with E-state index in [1.54, 1.807) is 30.8 Å². The van der Waals surface area contributed by atoms with Crippen LogP contribution in [-0.4, -0.2) is 32.5 Å². The van der Waals surface area contributed by atoms with Crippen LogP contribution in [-0.2, 0) is 18.0 Å². The molecule has 4 rings (SSSR count). The zero-order chi connectivity index (χ0) is 28.6. The fourth-order valence-corrected chi connectivity index (χ4v) is 6.96. The molecule has 1 aromatic carbocycles. The number of alkyl halides is 3. The summed E-state index contributed by atoms with van der Waals surface area (Å²) >= 11 is 1.80. The minimum absolute atomic E-state index is 0. The monoisotopic (exact) mass is 602 g/mol. The smallest absolute Gasteiger partial charge is 0.354 e. The Kier molecular flexibility index (Phi) is 13.3. The molecule has 5 nitrogen and oxygen atoms in total. The molecule has 2 aromatic rings. The average Bonchev–Trinajstić information content (AvgIpc) is 3.51. The van der Waals surface area contributed by atoms with Crippen molar-refractivity contribution in [3.8, 4) is 0 Å². The van der Waals surface area contributed by atoms with Crippen LogP contribution in [0.4, 0.5) is 13.2 Å². The first-order valence-corrected chi connectivity index (χ1v) is 15.5. The number of carbonyl (C=O) groups excluding carboxylic acids is 1. The van der Waals surface area contributed by atoms with E-state index in [4.69, 9.17) is 0 Å². The summed E-state index contributed by atoms with van der Waals surface area (Å²) in [5, 5.41) is 12.8. The SMILES string of the molecule is CCCCSc1nnc(C2CCC(NC(C)=O)CC2)n1C.CCC[C@@]1(CC)CC1c1ccc(C(F)(F)F)cc1.Cl. The molecule has 2 fully saturated rings.